The van der Waals surface area contributed by atoms with E-state index in [1.54, 1.807) is 12.1 Å². The summed E-state index contributed by atoms with van der Waals surface area (Å²) in [6.07, 6.45) is 0. The highest BCUT2D eigenvalue weighted by molar-refractivity contribution is 9.10. The molecule has 0 saturated heterocycles. The summed E-state index contributed by atoms with van der Waals surface area (Å²) in [4.78, 5) is 10.8. The van der Waals surface area contributed by atoms with E-state index in [-0.39, 0.29) is 22.3 Å². The number of hydrogen-bond acceptors (Lipinski definition) is 1. The van der Waals surface area contributed by atoms with E-state index in [2.05, 4.69) is 31.9 Å². The van der Waals surface area contributed by atoms with Gasteiger partial charge in [-0.3, -0.25) is 4.79 Å². The highest BCUT2D eigenvalue weighted by Crippen LogP contribution is 2.28. The van der Waals surface area contributed by atoms with E-state index in [4.69, 9.17) is 0 Å². The molecule has 0 fully saturated rings. The molecule has 0 saturated carbocycles. The van der Waals surface area contributed by atoms with Gasteiger partial charge in [-0.05, 0) is 24.6 Å². The summed E-state index contributed by atoms with van der Waals surface area (Å²) in [5.74, 6) is -0.456. The third kappa shape index (κ3) is 3.11. The van der Waals surface area contributed by atoms with Crippen molar-refractivity contribution in [2.75, 3.05) is 0 Å². The van der Waals surface area contributed by atoms with Crippen LogP contribution in [0, 0.1) is 5.82 Å². The average Bonchev–Trinajstić information content (AvgIpc) is 2.15. The predicted octanol–water partition coefficient (Wildman–Crippen LogP) is 4.04. The molecule has 82 valence electrons. The van der Waals surface area contributed by atoms with E-state index >= 15 is 0 Å². The fourth-order valence-electron chi connectivity index (χ4n) is 1.38. The minimum Gasteiger partial charge on any atom is -0.299 e. The highest BCUT2D eigenvalue weighted by Gasteiger charge is 2.22. The average molecular weight is 338 g/mol. The van der Waals surface area contributed by atoms with Gasteiger partial charge in [0.25, 0.3) is 0 Å². The molecule has 1 nitrogen and oxygen atoms in total. The number of halogens is 3. The van der Waals surface area contributed by atoms with Crippen LogP contribution in [0.4, 0.5) is 4.39 Å². The Bertz CT molecular complexity index is 379. The van der Waals surface area contributed by atoms with Crippen molar-refractivity contribution in [2.24, 2.45) is 0 Å². The number of Topliss-reactive ketones (excluding diaryl/α,β-unsaturated/α-hetero) is 1. The van der Waals surface area contributed by atoms with Gasteiger partial charge in [-0.15, -0.1) is 0 Å². The van der Waals surface area contributed by atoms with Crippen molar-refractivity contribution < 1.29 is 9.18 Å². The van der Waals surface area contributed by atoms with Crippen LogP contribution in [-0.2, 0) is 4.79 Å². The fraction of sp³-hybridized carbons (Fsp3) is 0.364. The van der Waals surface area contributed by atoms with Crippen molar-refractivity contribution in [2.45, 2.75) is 24.6 Å². The Morgan fingerprint density at radius 3 is 2.53 bits per heavy atom. The Balaban J connectivity index is 3.01. The molecule has 15 heavy (non-hydrogen) atoms. The van der Waals surface area contributed by atoms with Gasteiger partial charge in [0.05, 0.1) is 4.83 Å². The van der Waals surface area contributed by atoms with E-state index in [1.807, 2.05) is 6.92 Å². The highest BCUT2D eigenvalue weighted by atomic mass is 79.9. The number of alkyl halides is 1. The summed E-state index contributed by atoms with van der Waals surface area (Å²) in [5.41, 5.74) is 0.551. The predicted molar refractivity (Wildman–Crippen MR) is 65.9 cm³/mol. The zero-order chi connectivity index (χ0) is 11.6. The Hall–Kier alpha value is -0.220. The SMILES string of the molecule is CC(=O)C(Br)C(C)c1ccc(Br)cc1F. The third-order valence-corrected chi connectivity index (χ3v) is 4.21. The number of carbonyl (C=O) groups is 1. The lowest BCUT2D eigenvalue weighted by Gasteiger charge is -2.16. The van der Waals surface area contributed by atoms with Crippen molar-refractivity contribution in [1.82, 2.24) is 0 Å². The molecule has 0 spiro atoms. The minimum absolute atomic E-state index is 0.00446. The molecule has 0 aliphatic carbocycles. The van der Waals surface area contributed by atoms with Gasteiger partial charge in [-0.1, -0.05) is 44.8 Å². The molecule has 4 heteroatoms. The van der Waals surface area contributed by atoms with Crippen LogP contribution in [0.25, 0.3) is 0 Å². The summed E-state index contributed by atoms with van der Waals surface area (Å²) in [7, 11) is 0. The van der Waals surface area contributed by atoms with Crippen molar-refractivity contribution in [3.63, 3.8) is 0 Å². The van der Waals surface area contributed by atoms with Crippen molar-refractivity contribution in [1.29, 1.82) is 0 Å². The third-order valence-electron chi connectivity index (χ3n) is 2.28. The van der Waals surface area contributed by atoms with E-state index < -0.39 is 0 Å². The second kappa shape index (κ2) is 5.21. The van der Waals surface area contributed by atoms with Crippen LogP contribution < -0.4 is 0 Å². The maximum absolute atomic E-state index is 13.6. The Morgan fingerprint density at radius 2 is 2.07 bits per heavy atom. The van der Waals surface area contributed by atoms with Gasteiger partial charge in [-0.2, -0.15) is 0 Å². The lowest BCUT2D eigenvalue weighted by atomic mass is 9.95. The zero-order valence-electron chi connectivity index (χ0n) is 8.43. The van der Waals surface area contributed by atoms with E-state index in [9.17, 15) is 9.18 Å². The van der Waals surface area contributed by atoms with Crippen LogP contribution in [-0.4, -0.2) is 10.6 Å². The van der Waals surface area contributed by atoms with Crippen LogP contribution in [0.2, 0.25) is 0 Å². The molecule has 0 aliphatic heterocycles. The number of ketones is 1. The standard InChI is InChI=1S/C11H11Br2FO/c1-6(11(13)7(2)15)9-4-3-8(12)5-10(9)14/h3-6,11H,1-2H3. The molecule has 2 unspecified atom stereocenters. The lowest BCUT2D eigenvalue weighted by Crippen LogP contribution is -2.18. The number of benzene rings is 1. The van der Waals surface area contributed by atoms with Crippen LogP contribution in [0.15, 0.2) is 22.7 Å². The zero-order valence-corrected chi connectivity index (χ0v) is 11.6. The van der Waals surface area contributed by atoms with Crippen molar-refractivity contribution in [3.8, 4) is 0 Å². The van der Waals surface area contributed by atoms with Gasteiger partial charge in [-0.25, -0.2) is 4.39 Å². The van der Waals surface area contributed by atoms with Gasteiger partial charge < -0.3 is 0 Å². The Labute approximate surface area is 105 Å². The van der Waals surface area contributed by atoms with Crippen LogP contribution in [0.1, 0.15) is 25.3 Å². The summed E-state index contributed by atoms with van der Waals surface area (Å²) in [6.45, 7) is 3.32. The maximum atomic E-state index is 13.6. The van der Waals surface area contributed by atoms with E-state index in [0.29, 0.717) is 10.0 Å². The van der Waals surface area contributed by atoms with Gasteiger partial charge in [0.1, 0.15) is 11.6 Å². The Kier molecular flexibility index (Phi) is 4.46. The van der Waals surface area contributed by atoms with Gasteiger partial charge in [0.2, 0.25) is 0 Å². The molecule has 1 rings (SSSR count). The lowest BCUT2D eigenvalue weighted by molar-refractivity contribution is -0.116. The first-order chi connectivity index (χ1) is 6.93. The smallest absolute Gasteiger partial charge is 0.144 e. The number of rotatable bonds is 3. The molecule has 0 aromatic heterocycles. The van der Waals surface area contributed by atoms with Gasteiger partial charge >= 0.3 is 0 Å². The summed E-state index contributed by atoms with van der Waals surface area (Å²) < 4.78 is 14.3. The molecule has 0 heterocycles. The molecule has 0 amide bonds. The van der Waals surface area contributed by atoms with Crippen molar-refractivity contribution in [3.05, 3.63) is 34.1 Å². The number of hydrogen-bond donors (Lipinski definition) is 0. The molecule has 2 atom stereocenters. The van der Waals surface area contributed by atoms with Crippen LogP contribution >= 0.6 is 31.9 Å². The van der Waals surface area contributed by atoms with Crippen LogP contribution in [0.5, 0.6) is 0 Å². The molecular formula is C11H11Br2FO. The quantitative estimate of drug-likeness (QED) is 0.760. The second-order valence-corrected chi connectivity index (χ2v) is 5.37. The first-order valence-electron chi connectivity index (χ1n) is 4.53. The molecule has 0 N–H and O–H groups in total. The molecule has 0 radical (unpaired) electrons. The normalized spacial score (nSPS) is 14.7. The number of carbonyl (C=O) groups excluding carboxylic acids is 1. The van der Waals surface area contributed by atoms with Crippen molar-refractivity contribution >= 4 is 37.6 Å². The Morgan fingerprint density at radius 1 is 1.47 bits per heavy atom. The van der Waals surface area contributed by atoms with Gasteiger partial charge in [0, 0.05) is 10.4 Å². The molecule has 1 aromatic rings. The monoisotopic (exact) mass is 336 g/mol. The summed E-state index contributed by atoms with van der Waals surface area (Å²) in [6, 6.07) is 4.88. The van der Waals surface area contributed by atoms with Gasteiger partial charge in [0.15, 0.2) is 0 Å². The minimum atomic E-state index is -0.340. The maximum Gasteiger partial charge on any atom is 0.144 e. The fourth-order valence-corrected chi connectivity index (χ4v) is 2.00. The second-order valence-electron chi connectivity index (χ2n) is 3.47. The first kappa shape index (κ1) is 12.8. The largest absolute Gasteiger partial charge is 0.299 e. The summed E-state index contributed by atoms with van der Waals surface area (Å²) >= 11 is 6.46. The first-order valence-corrected chi connectivity index (χ1v) is 6.24. The molecule has 0 aliphatic rings. The molecule has 1 aromatic carbocycles. The summed E-state index contributed by atoms with van der Waals surface area (Å²) in [5, 5.41) is 0. The van der Waals surface area contributed by atoms with E-state index in [0.717, 1.165) is 0 Å². The van der Waals surface area contributed by atoms with E-state index in [1.165, 1.54) is 13.0 Å². The molecular weight excluding hydrogens is 327 g/mol. The molecule has 0 bridgehead atoms. The van der Waals surface area contributed by atoms with Crippen LogP contribution in [0.3, 0.4) is 0 Å². The topological polar surface area (TPSA) is 17.1 Å².